The summed E-state index contributed by atoms with van der Waals surface area (Å²) in [5, 5.41) is 0. The van der Waals surface area contributed by atoms with Crippen LogP contribution in [-0.4, -0.2) is 32.4 Å². The maximum Gasteiger partial charge on any atom is 0.338 e. The Bertz CT molecular complexity index is 443. The lowest BCUT2D eigenvalue weighted by Gasteiger charge is -2.22. The summed E-state index contributed by atoms with van der Waals surface area (Å²) < 4.78 is 15.5. The number of benzene rings is 1. The van der Waals surface area contributed by atoms with E-state index in [1.807, 2.05) is 13.8 Å². The molecule has 0 unspecified atom stereocenters. The number of carbonyl (C=O) groups excluding carboxylic acids is 1. The Morgan fingerprint density at radius 2 is 2.00 bits per heavy atom. The van der Waals surface area contributed by atoms with Gasteiger partial charge in [-0.3, -0.25) is 0 Å². The van der Waals surface area contributed by atoms with Crippen LogP contribution in [0.3, 0.4) is 0 Å². The largest absolute Gasteiger partial charge is 0.495 e. The minimum atomic E-state index is -0.402. The van der Waals surface area contributed by atoms with Crippen molar-refractivity contribution in [1.29, 1.82) is 0 Å². The van der Waals surface area contributed by atoms with E-state index >= 15 is 0 Å². The van der Waals surface area contributed by atoms with Crippen LogP contribution in [0.4, 0.5) is 5.69 Å². The van der Waals surface area contributed by atoms with Crippen molar-refractivity contribution >= 4 is 11.7 Å². The lowest BCUT2D eigenvalue weighted by molar-refractivity contribution is -0.00563. The Balaban J connectivity index is 2.57. The number of esters is 1. The third-order valence-corrected chi connectivity index (χ3v) is 2.96. The first kappa shape index (κ1) is 15.3. The first-order valence-electron chi connectivity index (χ1n) is 6.05. The number of hydrogen-bond acceptors (Lipinski definition) is 5. The lowest BCUT2D eigenvalue weighted by Crippen LogP contribution is -2.25. The van der Waals surface area contributed by atoms with E-state index in [-0.39, 0.29) is 5.60 Å². The maximum absolute atomic E-state index is 11.8. The van der Waals surface area contributed by atoms with E-state index in [4.69, 9.17) is 19.9 Å². The summed E-state index contributed by atoms with van der Waals surface area (Å²) in [6, 6.07) is 4.81. The zero-order chi connectivity index (χ0) is 14.5. The first-order valence-corrected chi connectivity index (χ1v) is 6.05. The van der Waals surface area contributed by atoms with E-state index in [1.54, 1.807) is 25.3 Å². The van der Waals surface area contributed by atoms with Gasteiger partial charge in [0.25, 0.3) is 0 Å². The summed E-state index contributed by atoms with van der Waals surface area (Å²) >= 11 is 0. The first-order chi connectivity index (χ1) is 8.89. The van der Waals surface area contributed by atoms with Gasteiger partial charge in [0.1, 0.15) is 5.75 Å². The summed E-state index contributed by atoms with van der Waals surface area (Å²) in [5.41, 5.74) is 6.25. The van der Waals surface area contributed by atoms with Crippen LogP contribution in [0.5, 0.6) is 5.75 Å². The van der Waals surface area contributed by atoms with E-state index in [2.05, 4.69) is 0 Å². The molecule has 5 heteroatoms. The smallest absolute Gasteiger partial charge is 0.338 e. The van der Waals surface area contributed by atoms with Gasteiger partial charge in [0.2, 0.25) is 0 Å². The second-order valence-electron chi connectivity index (χ2n) is 4.81. The van der Waals surface area contributed by atoms with Gasteiger partial charge in [-0.1, -0.05) is 0 Å². The van der Waals surface area contributed by atoms with Crippen LogP contribution in [0.2, 0.25) is 0 Å². The Morgan fingerprint density at radius 3 is 2.53 bits per heavy atom. The molecular weight excluding hydrogens is 246 g/mol. The van der Waals surface area contributed by atoms with Crippen molar-refractivity contribution in [1.82, 2.24) is 0 Å². The van der Waals surface area contributed by atoms with Crippen molar-refractivity contribution in [2.24, 2.45) is 0 Å². The molecule has 0 atom stereocenters. The number of rotatable bonds is 6. The molecule has 1 rings (SSSR count). The minimum absolute atomic E-state index is 0.297. The fourth-order valence-corrected chi connectivity index (χ4v) is 1.44. The summed E-state index contributed by atoms with van der Waals surface area (Å²) in [4.78, 5) is 11.8. The number of hydrogen-bond donors (Lipinski definition) is 1. The number of nitrogen functional groups attached to an aromatic ring is 1. The molecule has 5 nitrogen and oxygen atoms in total. The molecule has 0 bridgehead atoms. The molecule has 0 fully saturated rings. The fraction of sp³-hybridized carbons (Fsp3) is 0.500. The molecule has 1 aromatic carbocycles. The molecule has 0 spiro atoms. The second-order valence-corrected chi connectivity index (χ2v) is 4.81. The van der Waals surface area contributed by atoms with Crippen LogP contribution in [0.25, 0.3) is 0 Å². The van der Waals surface area contributed by atoms with E-state index in [1.165, 1.54) is 7.11 Å². The number of nitrogens with two attached hydrogens (primary N) is 1. The van der Waals surface area contributed by atoms with Gasteiger partial charge < -0.3 is 19.9 Å². The van der Waals surface area contributed by atoms with Crippen molar-refractivity contribution in [2.45, 2.75) is 25.9 Å². The van der Waals surface area contributed by atoms with Gasteiger partial charge in [-0.2, -0.15) is 0 Å². The van der Waals surface area contributed by atoms with Gasteiger partial charge in [0.05, 0.1) is 30.6 Å². The van der Waals surface area contributed by atoms with E-state index in [9.17, 15) is 4.79 Å². The number of methoxy groups -OCH3 is 2. The second kappa shape index (κ2) is 6.43. The van der Waals surface area contributed by atoms with Crippen molar-refractivity contribution in [2.75, 3.05) is 26.6 Å². The monoisotopic (exact) mass is 267 g/mol. The van der Waals surface area contributed by atoms with Gasteiger partial charge in [-0.05, 0) is 32.0 Å². The molecule has 1 aromatic rings. The van der Waals surface area contributed by atoms with Crippen molar-refractivity contribution in [3.8, 4) is 5.75 Å². The average molecular weight is 267 g/mol. The fourth-order valence-electron chi connectivity index (χ4n) is 1.44. The topological polar surface area (TPSA) is 70.8 Å². The third-order valence-electron chi connectivity index (χ3n) is 2.96. The highest BCUT2D eigenvalue weighted by Crippen LogP contribution is 2.22. The molecule has 0 amide bonds. The molecule has 0 saturated carbocycles. The molecule has 19 heavy (non-hydrogen) atoms. The van der Waals surface area contributed by atoms with Crippen LogP contribution in [-0.2, 0) is 9.47 Å². The summed E-state index contributed by atoms with van der Waals surface area (Å²) in [7, 11) is 3.16. The molecule has 0 aliphatic heterocycles. The Hall–Kier alpha value is -1.75. The SMILES string of the molecule is COc1ccc(C(=O)OCCC(C)(C)OC)cc1N. The lowest BCUT2D eigenvalue weighted by atomic mass is 10.1. The summed E-state index contributed by atoms with van der Waals surface area (Å²) in [6.07, 6.45) is 0.626. The molecule has 0 radical (unpaired) electrons. The maximum atomic E-state index is 11.8. The van der Waals surface area contributed by atoms with E-state index in [0.717, 1.165) is 0 Å². The highest BCUT2D eigenvalue weighted by atomic mass is 16.5. The summed E-state index contributed by atoms with van der Waals surface area (Å²) in [5.74, 6) is 0.137. The molecule has 0 aromatic heterocycles. The van der Waals surface area contributed by atoms with Crippen molar-refractivity contribution in [3.05, 3.63) is 23.8 Å². The third kappa shape index (κ3) is 4.44. The number of ether oxygens (including phenoxy) is 3. The molecule has 0 saturated heterocycles. The zero-order valence-corrected chi connectivity index (χ0v) is 11.9. The molecule has 0 aliphatic rings. The number of carbonyl (C=O) groups is 1. The van der Waals surface area contributed by atoms with Gasteiger partial charge in [-0.25, -0.2) is 4.79 Å². The van der Waals surface area contributed by atoms with Crippen LogP contribution >= 0.6 is 0 Å². The van der Waals surface area contributed by atoms with Crippen LogP contribution in [0.15, 0.2) is 18.2 Å². The summed E-state index contributed by atoms with van der Waals surface area (Å²) in [6.45, 7) is 4.17. The zero-order valence-electron chi connectivity index (χ0n) is 11.9. The van der Waals surface area contributed by atoms with Gasteiger partial charge in [0, 0.05) is 13.5 Å². The van der Waals surface area contributed by atoms with Crippen LogP contribution < -0.4 is 10.5 Å². The minimum Gasteiger partial charge on any atom is -0.495 e. The normalized spacial score (nSPS) is 11.2. The molecule has 0 aliphatic carbocycles. The highest BCUT2D eigenvalue weighted by Gasteiger charge is 2.17. The van der Waals surface area contributed by atoms with Gasteiger partial charge in [0.15, 0.2) is 0 Å². The molecular formula is C14H21NO4. The predicted molar refractivity (Wildman–Crippen MR) is 73.4 cm³/mol. The predicted octanol–water partition coefficient (Wildman–Crippen LogP) is 2.25. The van der Waals surface area contributed by atoms with Gasteiger partial charge >= 0.3 is 5.97 Å². The molecule has 106 valence electrons. The molecule has 2 N–H and O–H groups in total. The van der Waals surface area contributed by atoms with Crippen LogP contribution in [0, 0.1) is 0 Å². The van der Waals surface area contributed by atoms with E-state index in [0.29, 0.717) is 30.0 Å². The Labute approximate surface area is 113 Å². The Kier molecular flexibility index (Phi) is 5.18. The highest BCUT2D eigenvalue weighted by molar-refractivity contribution is 5.91. The standard InChI is InChI=1S/C14H21NO4/c1-14(2,18-4)7-8-19-13(16)10-5-6-12(17-3)11(15)9-10/h5-6,9H,7-8,15H2,1-4H3. The Morgan fingerprint density at radius 1 is 1.32 bits per heavy atom. The van der Waals surface area contributed by atoms with Crippen molar-refractivity contribution in [3.63, 3.8) is 0 Å². The van der Waals surface area contributed by atoms with Gasteiger partial charge in [-0.15, -0.1) is 0 Å². The van der Waals surface area contributed by atoms with E-state index < -0.39 is 5.97 Å². The quantitative estimate of drug-likeness (QED) is 0.632. The molecule has 0 heterocycles. The van der Waals surface area contributed by atoms with Crippen LogP contribution in [0.1, 0.15) is 30.6 Å². The average Bonchev–Trinajstić information content (AvgIpc) is 2.38. The number of anilines is 1. The van der Waals surface area contributed by atoms with Crippen molar-refractivity contribution < 1.29 is 19.0 Å².